The van der Waals surface area contributed by atoms with E-state index in [1.807, 2.05) is 6.07 Å². The monoisotopic (exact) mass is 394 g/mol. The Kier molecular flexibility index (Phi) is 6.50. The minimum atomic E-state index is 0. The van der Waals surface area contributed by atoms with Gasteiger partial charge in [0, 0.05) is 18.5 Å². The van der Waals surface area contributed by atoms with E-state index in [9.17, 15) is 0 Å². The normalized spacial score (nSPS) is 13.3. The second-order valence-electron chi connectivity index (χ2n) is 6.44. The molecule has 7 heteroatoms. The van der Waals surface area contributed by atoms with Gasteiger partial charge in [-0.15, -0.1) is 24.8 Å². The molecule has 0 fully saturated rings. The maximum Gasteiger partial charge on any atom is 0.119 e. The number of hydrogen-bond acceptors (Lipinski definition) is 4. The standard InChI is InChI=1S/C19H22N4O.2ClH/c1-12-8-17(18-9-14-11-20-5-4-6-23(14)22-18)21-19-13(2)7-15(24-3)10-16(12)19;;/h7-10,20H,4-6,11H2,1-3H3;2*1H. The number of nitrogens with one attached hydrogen (secondary N) is 1. The van der Waals surface area contributed by atoms with Gasteiger partial charge in [0.2, 0.25) is 0 Å². The molecule has 0 unspecified atom stereocenters. The van der Waals surface area contributed by atoms with E-state index in [0.717, 1.165) is 59.7 Å². The Morgan fingerprint density at radius 1 is 1.04 bits per heavy atom. The summed E-state index contributed by atoms with van der Waals surface area (Å²) in [6.07, 6.45) is 1.11. The van der Waals surface area contributed by atoms with Crippen LogP contribution in [0.15, 0.2) is 24.3 Å². The van der Waals surface area contributed by atoms with E-state index in [2.05, 4.69) is 42.0 Å². The van der Waals surface area contributed by atoms with Gasteiger partial charge in [-0.25, -0.2) is 4.98 Å². The number of pyridine rings is 1. The van der Waals surface area contributed by atoms with Crippen LogP contribution in [0.25, 0.3) is 22.3 Å². The van der Waals surface area contributed by atoms with E-state index < -0.39 is 0 Å². The zero-order valence-corrected chi connectivity index (χ0v) is 16.8. The first-order valence-corrected chi connectivity index (χ1v) is 8.39. The fourth-order valence-electron chi connectivity index (χ4n) is 3.37. The molecule has 0 amide bonds. The number of ether oxygens (including phenoxy) is 1. The smallest absolute Gasteiger partial charge is 0.119 e. The summed E-state index contributed by atoms with van der Waals surface area (Å²) in [6.45, 7) is 7.08. The molecule has 1 aliphatic heterocycles. The van der Waals surface area contributed by atoms with Crippen molar-refractivity contribution in [3.8, 4) is 17.1 Å². The number of benzene rings is 1. The third-order valence-corrected chi connectivity index (χ3v) is 4.68. The molecular formula is C19H24Cl2N4O. The van der Waals surface area contributed by atoms with Crippen molar-refractivity contribution >= 4 is 35.7 Å². The summed E-state index contributed by atoms with van der Waals surface area (Å²) >= 11 is 0. The quantitative estimate of drug-likeness (QED) is 0.711. The van der Waals surface area contributed by atoms with Crippen LogP contribution in [0.4, 0.5) is 0 Å². The summed E-state index contributed by atoms with van der Waals surface area (Å²) in [5.74, 6) is 0.873. The van der Waals surface area contributed by atoms with Gasteiger partial charge in [0.1, 0.15) is 11.4 Å². The van der Waals surface area contributed by atoms with Crippen LogP contribution in [0.2, 0.25) is 0 Å². The van der Waals surface area contributed by atoms with Crippen LogP contribution >= 0.6 is 24.8 Å². The lowest BCUT2D eigenvalue weighted by atomic mass is 10.0. The molecule has 1 N–H and O–H groups in total. The van der Waals surface area contributed by atoms with Crippen LogP contribution in [0, 0.1) is 13.8 Å². The van der Waals surface area contributed by atoms with E-state index in [4.69, 9.17) is 14.8 Å². The van der Waals surface area contributed by atoms with Gasteiger partial charge in [-0.1, -0.05) is 0 Å². The summed E-state index contributed by atoms with van der Waals surface area (Å²) in [4.78, 5) is 4.90. The van der Waals surface area contributed by atoms with Crippen LogP contribution in [0.1, 0.15) is 23.2 Å². The fourth-order valence-corrected chi connectivity index (χ4v) is 3.37. The van der Waals surface area contributed by atoms with Crippen LogP contribution in [0.3, 0.4) is 0 Å². The first-order chi connectivity index (χ1) is 11.7. The number of nitrogens with zero attached hydrogens (tertiary/aromatic N) is 3. The molecule has 1 aliphatic rings. The molecule has 5 nitrogen and oxygen atoms in total. The van der Waals surface area contributed by atoms with Gasteiger partial charge in [-0.05, 0) is 62.2 Å². The lowest BCUT2D eigenvalue weighted by Gasteiger charge is -2.10. The summed E-state index contributed by atoms with van der Waals surface area (Å²) in [5.41, 5.74) is 6.46. The molecule has 4 rings (SSSR count). The minimum absolute atomic E-state index is 0. The van der Waals surface area contributed by atoms with Crippen LogP contribution < -0.4 is 10.1 Å². The highest BCUT2D eigenvalue weighted by Crippen LogP contribution is 2.29. The molecule has 1 aromatic carbocycles. The Hall–Kier alpha value is -1.82. The van der Waals surface area contributed by atoms with Crippen molar-refractivity contribution in [3.05, 3.63) is 41.1 Å². The van der Waals surface area contributed by atoms with Crippen LogP contribution in [-0.4, -0.2) is 28.4 Å². The third-order valence-electron chi connectivity index (χ3n) is 4.68. The number of aromatic nitrogens is 3. The zero-order chi connectivity index (χ0) is 16.7. The first-order valence-electron chi connectivity index (χ1n) is 8.39. The Labute approximate surface area is 166 Å². The van der Waals surface area contributed by atoms with E-state index in [0.29, 0.717) is 0 Å². The summed E-state index contributed by atoms with van der Waals surface area (Å²) in [5, 5.41) is 9.35. The zero-order valence-electron chi connectivity index (χ0n) is 15.2. The molecule has 3 aromatic rings. The maximum atomic E-state index is 5.39. The Bertz CT molecular complexity index is 900. The molecule has 0 saturated heterocycles. The number of halogens is 2. The molecule has 0 atom stereocenters. The number of methoxy groups -OCH3 is 1. The van der Waals surface area contributed by atoms with Crippen molar-refractivity contribution in [2.45, 2.75) is 33.4 Å². The molecule has 3 heterocycles. The third kappa shape index (κ3) is 3.65. The van der Waals surface area contributed by atoms with E-state index in [1.165, 1.54) is 11.3 Å². The topological polar surface area (TPSA) is 52.0 Å². The molecular weight excluding hydrogens is 371 g/mol. The number of hydrogen-bond donors (Lipinski definition) is 1. The summed E-state index contributed by atoms with van der Waals surface area (Å²) < 4.78 is 7.50. The largest absolute Gasteiger partial charge is 0.497 e. The highest BCUT2D eigenvalue weighted by molar-refractivity contribution is 5.88. The van der Waals surface area contributed by atoms with Crippen LogP contribution in [0.5, 0.6) is 5.75 Å². The van der Waals surface area contributed by atoms with Crippen molar-refractivity contribution in [2.75, 3.05) is 13.7 Å². The number of aryl methyl sites for hydroxylation is 3. The lowest BCUT2D eigenvalue weighted by Crippen LogP contribution is -2.11. The van der Waals surface area contributed by atoms with Crippen molar-refractivity contribution in [3.63, 3.8) is 0 Å². The predicted molar refractivity (Wildman–Crippen MR) is 110 cm³/mol. The Morgan fingerprint density at radius 3 is 2.62 bits per heavy atom. The molecule has 0 radical (unpaired) electrons. The number of fused-ring (bicyclic) bond motifs is 2. The van der Waals surface area contributed by atoms with E-state index in [1.54, 1.807) is 7.11 Å². The second kappa shape index (κ2) is 8.25. The van der Waals surface area contributed by atoms with Gasteiger partial charge in [-0.2, -0.15) is 5.10 Å². The first kappa shape index (κ1) is 20.5. The average Bonchev–Trinajstić information content (AvgIpc) is 2.86. The van der Waals surface area contributed by atoms with Gasteiger partial charge in [0.25, 0.3) is 0 Å². The molecule has 140 valence electrons. The van der Waals surface area contributed by atoms with Gasteiger partial charge in [-0.3, -0.25) is 4.68 Å². The van der Waals surface area contributed by atoms with Gasteiger partial charge in [0.05, 0.1) is 24.0 Å². The molecule has 0 spiro atoms. The van der Waals surface area contributed by atoms with Gasteiger partial charge in [0.15, 0.2) is 0 Å². The fraction of sp³-hybridized carbons (Fsp3) is 0.368. The van der Waals surface area contributed by atoms with Crippen molar-refractivity contribution in [1.82, 2.24) is 20.1 Å². The van der Waals surface area contributed by atoms with E-state index in [-0.39, 0.29) is 24.8 Å². The molecule has 0 bridgehead atoms. The molecule has 2 aromatic heterocycles. The van der Waals surface area contributed by atoms with Crippen molar-refractivity contribution in [1.29, 1.82) is 0 Å². The van der Waals surface area contributed by atoms with E-state index >= 15 is 0 Å². The highest BCUT2D eigenvalue weighted by atomic mass is 35.5. The van der Waals surface area contributed by atoms with Crippen molar-refractivity contribution < 1.29 is 4.74 Å². The Morgan fingerprint density at radius 2 is 1.85 bits per heavy atom. The van der Waals surface area contributed by atoms with Gasteiger partial charge < -0.3 is 10.1 Å². The Balaban J connectivity index is 0.00000121. The van der Waals surface area contributed by atoms with Crippen LogP contribution in [-0.2, 0) is 13.1 Å². The number of rotatable bonds is 2. The average molecular weight is 395 g/mol. The van der Waals surface area contributed by atoms with Gasteiger partial charge >= 0.3 is 0 Å². The lowest BCUT2D eigenvalue weighted by molar-refractivity contribution is 0.415. The summed E-state index contributed by atoms with van der Waals surface area (Å²) in [6, 6.07) is 8.37. The second-order valence-corrected chi connectivity index (χ2v) is 6.44. The van der Waals surface area contributed by atoms with Crippen molar-refractivity contribution in [2.24, 2.45) is 0 Å². The summed E-state index contributed by atoms with van der Waals surface area (Å²) in [7, 11) is 1.70. The minimum Gasteiger partial charge on any atom is -0.497 e. The molecule has 0 saturated carbocycles. The molecule has 0 aliphatic carbocycles. The predicted octanol–water partition coefficient (Wildman–Crippen LogP) is 4.06. The maximum absolute atomic E-state index is 5.39. The highest BCUT2D eigenvalue weighted by Gasteiger charge is 2.15. The SMILES string of the molecule is COc1cc(C)c2nc(-c3cc4n(n3)CCCNC4)cc(C)c2c1.Cl.Cl. The molecule has 26 heavy (non-hydrogen) atoms.